The van der Waals surface area contributed by atoms with Gasteiger partial charge in [0.15, 0.2) is 0 Å². The molecule has 0 radical (unpaired) electrons. The second-order valence-electron chi connectivity index (χ2n) is 7.23. The first-order chi connectivity index (χ1) is 14.3. The maximum Gasteiger partial charge on any atom is 0.518 e. The maximum absolute atomic E-state index is 6.39. The van der Waals surface area contributed by atoms with Crippen molar-refractivity contribution in [1.82, 2.24) is 0 Å². The highest BCUT2D eigenvalue weighted by molar-refractivity contribution is 6.81. The van der Waals surface area contributed by atoms with E-state index < -0.39 is 44.3 Å². The molecule has 0 aromatic rings. The first kappa shape index (κ1) is 31.7. The van der Waals surface area contributed by atoms with Crippen LogP contribution in [0.5, 0.6) is 0 Å². The van der Waals surface area contributed by atoms with Crippen molar-refractivity contribution in [3.8, 4) is 0 Å². The third kappa shape index (κ3) is 13.2. The van der Waals surface area contributed by atoms with Gasteiger partial charge in [-0.2, -0.15) is 0 Å². The van der Waals surface area contributed by atoms with Crippen LogP contribution in [-0.2, 0) is 43.6 Å². The molecule has 10 nitrogen and oxygen atoms in total. The predicted octanol–water partition coefficient (Wildman–Crippen LogP) is 3.43. The fraction of sp³-hybridized carbons (Fsp3) is 1.00. The van der Waals surface area contributed by atoms with Gasteiger partial charge in [0.05, 0.1) is 0 Å². The van der Waals surface area contributed by atoms with Crippen LogP contribution in [0.3, 0.4) is 0 Å². The molecule has 0 spiro atoms. The third-order valence-electron chi connectivity index (χ3n) is 3.63. The number of hydrogen-bond acceptors (Lipinski definition) is 10. The summed E-state index contributed by atoms with van der Waals surface area (Å²) >= 11 is 0. The molecule has 0 bridgehead atoms. The Kier molecular flexibility index (Phi) is 15.2. The Morgan fingerprint density at radius 3 is 1.48 bits per heavy atom. The summed E-state index contributed by atoms with van der Waals surface area (Å²) in [5.74, 6) is 0. The molecule has 0 rings (SSSR count). The molecule has 4 atom stereocenters. The van der Waals surface area contributed by atoms with Crippen molar-refractivity contribution in [1.29, 1.82) is 0 Å². The van der Waals surface area contributed by atoms with Crippen molar-refractivity contribution in [3.63, 3.8) is 0 Å². The molecule has 0 heterocycles. The molecule has 0 N–H and O–H groups in total. The van der Waals surface area contributed by atoms with Crippen LogP contribution in [0.1, 0.15) is 34.6 Å². The predicted molar refractivity (Wildman–Crippen MR) is 129 cm³/mol. The van der Waals surface area contributed by atoms with E-state index in [0.29, 0.717) is 33.0 Å². The van der Waals surface area contributed by atoms with Crippen molar-refractivity contribution >= 4 is 44.3 Å². The Labute approximate surface area is 194 Å². The van der Waals surface area contributed by atoms with Gasteiger partial charge in [0, 0.05) is 52.7 Å². The Morgan fingerprint density at radius 1 is 0.548 bits per heavy atom. The fourth-order valence-corrected chi connectivity index (χ4v) is 17.6. The molecule has 0 aliphatic heterocycles. The zero-order chi connectivity index (χ0) is 24.2. The Hall–Kier alpha value is 0.684. The van der Waals surface area contributed by atoms with E-state index in [1.165, 1.54) is 0 Å². The summed E-state index contributed by atoms with van der Waals surface area (Å²) in [6.07, 6.45) is 0. The Morgan fingerprint density at radius 2 is 1.00 bits per heavy atom. The molecular formula is C16H44O10Si5. The maximum atomic E-state index is 6.39. The standard InChI is InChI=1S/C16H44O10Si5/c1-12-17-27(6)24-30(10,20-15-4)26-31(11,21-16-5)25-29(9,19-14-3)23-22-28(7,8)18-13-2/h27H,12-16H2,1-11H3. The lowest BCUT2D eigenvalue weighted by molar-refractivity contribution is -0.182. The van der Waals surface area contributed by atoms with Crippen LogP contribution in [0.4, 0.5) is 0 Å². The molecular weight excluding hydrogens is 493 g/mol. The van der Waals surface area contributed by atoms with Gasteiger partial charge in [0.1, 0.15) is 0 Å². The van der Waals surface area contributed by atoms with Crippen LogP contribution in [0.2, 0.25) is 39.3 Å². The van der Waals surface area contributed by atoms with E-state index >= 15 is 0 Å². The molecule has 0 saturated heterocycles. The average Bonchev–Trinajstić information content (AvgIpc) is 2.60. The smallest absolute Gasteiger partial charge is 0.397 e. The van der Waals surface area contributed by atoms with Crippen LogP contribution >= 0.6 is 0 Å². The Bertz CT molecular complexity index is 494. The molecule has 0 aromatic carbocycles. The summed E-state index contributed by atoms with van der Waals surface area (Å²) in [5.41, 5.74) is 0. The summed E-state index contributed by atoms with van der Waals surface area (Å²) in [7, 11) is -14.2. The van der Waals surface area contributed by atoms with E-state index in [1.54, 1.807) is 13.1 Å². The van der Waals surface area contributed by atoms with Crippen LogP contribution < -0.4 is 0 Å². The summed E-state index contributed by atoms with van der Waals surface area (Å²) in [4.78, 5) is 0. The van der Waals surface area contributed by atoms with Gasteiger partial charge in [-0.15, -0.1) is 0 Å². The minimum Gasteiger partial charge on any atom is -0.397 e. The number of rotatable bonds is 19. The van der Waals surface area contributed by atoms with Gasteiger partial charge in [0.2, 0.25) is 0 Å². The lowest BCUT2D eigenvalue weighted by Gasteiger charge is -2.39. The van der Waals surface area contributed by atoms with E-state index in [4.69, 9.17) is 43.6 Å². The highest BCUT2D eigenvalue weighted by Gasteiger charge is 2.55. The Balaban J connectivity index is 5.61. The summed E-state index contributed by atoms with van der Waals surface area (Å²) in [5, 5.41) is 0. The van der Waals surface area contributed by atoms with E-state index in [1.807, 2.05) is 60.8 Å². The first-order valence-electron chi connectivity index (χ1n) is 10.9. The van der Waals surface area contributed by atoms with Crippen molar-refractivity contribution in [2.75, 3.05) is 33.0 Å². The van der Waals surface area contributed by atoms with Crippen molar-refractivity contribution in [2.24, 2.45) is 0 Å². The van der Waals surface area contributed by atoms with Crippen molar-refractivity contribution < 1.29 is 43.6 Å². The van der Waals surface area contributed by atoms with E-state index in [0.717, 1.165) is 0 Å². The lowest BCUT2D eigenvalue weighted by atomic mass is 10.9. The minimum atomic E-state index is -3.31. The third-order valence-corrected chi connectivity index (χ3v) is 17.9. The van der Waals surface area contributed by atoms with E-state index in [2.05, 4.69) is 0 Å². The van der Waals surface area contributed by atoms with E-state index in [-0.39, 0.29) is 0 Å². The SMILES string of the molecule is CCO[SiH](C)O[Si](C)(OCC)O[Si](C)(OCC)O[Si](C)(OCC)OO[Si](C)(C)OCC. The molecule has 31 heavy (non-hydrogen) atoms. The second kappa shape index (κ2) is 14.8. The molecule has 0 aromatic heterocycles. The molecule has 0 fully saturated rings. The van der Waals surface area contributed by atoms with Gasteiger partial charge >= 0.3 is 44.3 Å². The van der Waals surface area contributed by atoms with Crippen LogP contribution in [0.15, 0.2) is 0 Å². The fourth-order valence-electron chi connectivity index (χ4n) is 2.82. The van der Waals surface area contributed by atoms with Gasteiger partial charge in [-0.1, -0.05) is 0 Å². The largest absolute Gasteiger partial charge is 0.518 e. The average molecular weight is 537 g/mol. The monoisotopic (exact) mass is 536 g/mol. The minimum absolute atomic E-state index is 0.379. The van der Waals surface area contributed by atoms with Crippen molar-refractivity contribution in [2.45, 2.75) is 73.9 Å². The quantitative estimate of drug-likeness (QED) is 0.139. The zero-order valence-corrected chi connectivity index (χ0v) is 26.4. The zero-order valence-electron chi connectivity index (χ0n) is 21.2. The molecule has 188 valence electrons. The van der Waals surface area contributed by atoms with E-state index in [9.17, 15) is 0 Å². The van der Waals surface area contributed by atoms with Gasteiger partial charge in [-0.05, 0) is 54.3 Å². The molecule has 15 heteroatoms. The van der Waals surface area contributed by atoms with Gasteiger partial charge in [-0.3, -0.25) is 4.58 Å². The van der Waals surface area contributed by atoms with Crippen LogP contribution in [0, 0.1) is 0 Å². The highest BCUT2D eigenvalue weighted by Crippen LogP contribution is 2.26. The normalized spacial score (nSPS) is 19.5. The lowest BCUT2D eigenvalue weighted by Crippen LogP contribution is -2.62. The topological polar surface area (TPSA) is 92.3 Å². The summed E-state index contributed by atoms with van der Waals surface area (Å²) in [6.45, 7) is 22.8. The molecule has 0 amide bonds. The second-order valence-corrected chi connectivity index (χ2v) is 20.7. The number of hydrogen-bond donors (Lipinski definition) is 0. The highest BCUT2D eigenvalue weighted by atomic mass is 28.5. The molecule has 0 aliphatic rings. The van der Waals surface area contributed by atoms with Crippen molar-refractivity contribution in [3.05, 3.63) is 0 Å². The van der Waals surface area contributed by atoms with Crippen LogP contribution in [-0.4, -0.2) is 77.3 Å². The molecule has 0 aliphatic carbocycles. The first-order valence-corrected chi connectivity index (χ1v) is 22.5. The van der Waals surface area contributed by atoms with Gasteiger partial charge in [0.25, 0.3) is 0 Å². The molecule has 0 saturated carbocycles. The summed E-state index contributed by atoms with van der Waals surface area (Å²) in [6, 6.07) is 0. The summed E-state index contributed by atoms with van der Waals surface area (Å²) < 4.78 is 59.4. The van der Waals surface area contributed by atoms with Gasteiger partial charge in [-0.25, -0.2) is 4.58 Å². The van der Waals surface area contributed by atoms with Crippen LogP contribution in [0.25, 0.3) is 0 Å². The molecule has 4 unspecified atom stereocenters. The van der Waals surface area contributed by atoms with Gasteiger partial charge < -0.3 is 34.5 Å².